The average Bonchev–Trinajstić information content (AvgIpc) is 2.61. The number of nitrogens with zero attached hydrogens (tertiary/aromatic N) is 2. The lowest BCUT2D eigenvalue weighted by Gasteiger charge is -2.22. The number of fused-ring (bicyclic) bond motifs is 1. The van der Waals surface area contributed by atoms with Crippen LogP contribution in [-0.4, -0.2) is 29.9 Å². The third kappa shape index (κ3) is 3.56. The van der Waals surface area contributed by atoms with Crippen molar-refractivity contribution in [2.75, 3.05) is 11.5 Å². The number of hydrogen-bond donors (Lipinski definition) is 0. The molecule has 0 radical (unpaired) electrons. The van der Waals surface area contributed by atoms with Crippen molar-refractivity contribution in [2.45, 2.75) is 19.3 Å². The molecule has 1 atom stereocenters. The Morgan fingerprint density at radius 2 is 1.72 bits per heavy atom. The van der Waals surface area contributed by atoms with E-state index >= 15 is 0 Å². The van der Waals surface area contributed by atoms with Gasteiger partial charge >= 0.3 is 0 Å². The van der Waals surface area contributed by atoms with Crippen LogP contribution in [0.2, 0.25) is 0 Å². The van der Waals surface area contributed by atoms with Crippen LogP contribution in [0.25, 0.3) is 22.3 Å². The third-order valence-corrected chi connectivity index (χ3v) is 6.64. The molecule has 0 bridgehead atoms. The van der Waals surface area contributed by atoms with Crippen LogP contribution in [0.4, 0.5) is 0 Å². The highest BCUT2D eigenvalue weighted by atomic mass is 32.2. The molecule has 0 N–H and O–H groups in total. The first-order valence-corrected chi connectivity index (χ1v) is 10.4. The molecule has 3 aromatic rings. The maximum absolute atomic E-state index is 12.0. The third-order valence-electron chi connectivity index (χ3n) is 4.75. The summed E-state index contributed by atoms with van der Waals surface area (Å²) in [4.78, 5) is 9.51. The van der Waals surface area contributed by atoms with Crippen molar-refractivity contribution >= 4 is 20.7 Å². The monoisotopic (exact) mass is 352 g/mol. The molecule has 2 heterocycles. The molecule has 1 unspecified atom stereocenters. The first-order chi connectivity index (χ1) is 12.1. The fourth-order valence-electron chi connectivity index (χ4n) is 3.57. The Morgan fingerprint density at radius 1 is 0.960 bits per heavy atom. The topological polar surface area (TPSA) is 59.9 Å². The van der Waals surface area contributed by atoms with Crippen molar-refractivity contribution in [1.29, 1.82) is 0 Å². The Balaban J connectivity index is 1.76. The van der Waals surface area contributed by atoms with Crippen molar-refractivity contribution in [2.24, 2.45) is 5.92 Å². The standard InChI is InChI=1S/C20H20N2O2S/c23-25(24)12-6-7-15(14-25)13-19-17-10-4-5-11-18(17)21-20(22-19)16-8-2-1-3-9-16/h1-5,8-11,15H,6-7,12-14H2. The van der Waals surface area contributed by atoms with Crippen LogP contribution in [0.15, 0.2) is 54.6 Å². The van der Waals surface area contributed by atoms with Gasteiger partial charge in [-0.05, 0) is 31.2 Å². The second-order valence-electron chi connectivity index (χ2n) is 6.70. The van der Waals surface area contributed by atoms with E-state index in [0.29, 0.717) is 18.0 Å². The largest absolute Gasteiger partial charge is 0.232 e. The second kappa shape index (κ2) is 6.56. The lowest BCUT2D eigenvalue weighted by atomic mass is 9.97. The van der Waals surface area contributed by atoms with E-state index < -0.39 is 9.84 Å². The minimum absolute atomic E-state index is 0.140. The number of rotatable bonds is 3. The minimum atomic E-state index is -2.91. The molecule has 4 rings (SSSR count). The minimum Gasteiger partial charge on any atom is -0.232 e. The fourth-order valence-corrected chi connectivity index (χ4v) is 5.34. The highest BCUT2D eigenvalue weighted by Crippen LogP contribution is 2.27. The molecule has 1 fully saturated rings. The Labute approximate surface area is 147 Å². The number of benzene rings is 2. The molecule has 0 amide bonds. The van der Waals surface area contributed by atoms with Crippen LogP contribution in [0, 0.1) is 5.92 Å². The van der Waals surface area contributed by atoms with E-state index in [-0.39, 0.29) is 11.7 Å². The Bertz CT molecular complexity index is 1000. The van der Waals surface area contributed by atoms with Gasteiger partial charge in [-0.1, -0.05) is 48.5 Å². The van der Waals surface area contributed by atoms with Crippen LogP contribution in [0.1, 0.15) is 18.5 Å². The number of sulfone groups is 1. The van der Waals surface area contributed by atoms with Gasteiger partial charge in [-0.3, -0.25) is 0 Å². The molecule has 25 heavy (non-hydrogen) atoms. The number of aromatic nitrogens is 2. The molecule has 1 saturated heterocycles. The van der Waals surface area contributed by atoms with E-state index in [2.05, 4.69) is 0 Å². The van der Waals surface area contributed by atoms with Gasteiger partial charge in [-0.2, -0.15) is 0 Å². The normalized spacial score (nSPS) is 19.8. The Hall–Kier alpha value is -2.27. The summed E-state index contributed by atoms with van der Waals surface area (Å²) in [5.74, 6) is 1.43. The SMILES string of the molecule is O=S1(=O)CCCC(Cc2nc(-c3ccccc3)nc3ccccc23)C1. The predicted octanol–water partition coefficient (Wildman–Crippen LogP) is 3.66. The average molecular weight is 352 g/mol. The van der Waals surface area contributed by atoms with Gasteiger partial charge in [0.25, 0.3) is 0 Å². The van der Waals surface area contributed by atoms with Crippen molar-refractivity contribution in [3.63, 3.8) is 0 Å². The van der Waals surface area contributed by atoms with Crippen molar-refractivity contribution < 1.29 is 8.42 Å². The molecule has 1 aromatic heterocycles. The molecular formula is C20H20N2O2S. The van der Waals surface area contributed by atoms with Gasteiger partial charge in [0.2, 0.25) is 0 Å². The molecule has 0 spiro atoms. The summed E-state index contributed by atoms with van der Waals surface area (Å²) in [5.41, 5.74) is 2.84. The Morgan fingerprint density at radius 3 is 2.52 bits per heavy atom. The van der Waals surface area contributed by atoms with E-state index in [9.17, 15) is 8.42 Å². The van der Waals surface area contributed by atoms with Gasteiger partial charge in [-0.15, -0.1) is 0 Å². The quantitative estimate of drug-likeness (QED) is 0.722. The highest BCUT2D eigenvalue weighted by molar-refractivity contribution is 7.91. The molecule has 1 aliphatic heterocycles. The van der Waals surface area contributed by atoms with E-state index in [1.165, 1.54) is 0 Å². The predicted molar refractivity (Wildman–Crippen MR) is 100 cm³/mol. The van der Waals surface area contributed by atoms with Crippen LogP contribution in [-0.2, 0) is 16.3 Å². The van der Waals surface area contributed by atoms with E-state index in [1.54, 1.807) is 0 Å². The zero-order valence-electron chi connectivity index (χ0n) is 13.9. The maximum atomic E-state index is 12.0. The smallest absolute Gasteiger partial charge is 0.160 e. The summed E-state index contributed by atoms with van der Waals surface area (Å²) in [6, 6.07) is 17.9. The van der Waals surface area contributed by atoms with Crippen molar-refractivity contribution in [3.05, 3.63) is 60.3 Å². The van der Waals surface area contributed by atoms with Gasteiger partial charge in [0, 0.05) is 10.9 Å². The first kappa shape index (κ1) is 16.2. The highest BCUT2D eigenvalue weighted by Gasteiger charge is 2.26. The van der Waals surface area contributed by atoms with Crippen LogP contribution >= 0.6 is 0 Å². The molecule has 5 heteroatoms. The van der Waals surface area contributed by atoms with Crippen molar-refractivity contribution in [3.8, 4) is 11.4 Å². The lowest BCUT2D eigenvalue weighted by Crippen LogP contribution is -2.26. The summed E-state index contributed by atoms with van der Waals surface area (Å²) in [6.07, 6.45) is 2.38. The molecule has 0 saturated carbocycles. The van der Waals surface area contributed by atoms with Gasteiger partial charge in [0.1, 0.15) is 0 Å². The molecule has 128 valence electrons. The van der Waals surface area contributed by atoms with Gasteiger partial charge < -0.3 is 0 Å². The summed E-state index contributed by atoms with van der Waals surface area (Å²) >= 11 is 0. The van der Waals surface area contributed by atoms with E-state index in [0.717, 1.165) is 35.0 Å². The summed E-state index contributed by atoms with van der Waals surface area (Å²) in [7, 11) is -2.91. The summed E-state index contributed by atoms with van der Waals surface area (Å²) in [6.45, 7) is 0. The molecule has 4 nitrogen and oxygen atoms in total. The summed E-state index contributed by atoms with van der Waals surface area (Å²) < 4.78 is 23.9. The lowest BCUT2D eigenvalue weighted by molar-refractivity contribution is 0.481. The Kier molecular flexibility index (Phi) is 4.25. The molecule has 0 aliphatic carbocycles. The number of para-hydroxylation sites is 1. The van der Waals surface area contributed by atoms with Gasteiger partial charge in [0.05, 0.1) is 22.7 Å². The van der Waals surface area contributed by atoms with Crippen LogP contribution < -0.4 is 0 Å². The van der Waals surface area contributed by atoms with Crippen molar-refractivity contribution in [1.82, 2.24) is 9.97 Å². The zero-order valence-corrected chi connectivity index (χ0v) is 14.7. The van der Waals surface area contributed by atoms with E-state index in [4.69, 9.17) is 9.97 Å². The van der Waals surface area contributed by atoms with E-state index in [1.807, 2.05) is 54.6 Å². The van der Waals surface area contributed by atoms with Crippen LogP contribution in [0.3, 0.4) is 0 Å². The first-order valence-electron chi connectivity index (χ1n) is 8.62. The zero-order chi connectivity index (χ0) is 17.3. The number of hydrogen-bond acceptors (Lipinski definition) is 4. The van der Waals surface area contributed by atoms with Crippen LogP contribution in [0.5, 0.6) is 0 Å². The second-order valence-corrected chi connectivity index (χ2v) is 8.93. The molecule has 1 aliphatic rings. The fraction of sp³-hybridized carbons (Fsp3) is 0.300. The molecule has 2 aromatic carbocycles. The van der Waals surface area contributed by atoms with Gasteiger partial charge in [-0.25, -0.2) is 18.4 Å². The maximum Gasteiger partial charge on any atom is 0.160 e. The molecular weight excluding hydrogens is 332 g/mol. The van der Waals surface area contributed by atoms with Gasteiger partial charge in [0.15, 0.2) is 15.7 Å². The summed E-state index contributed by atoms with van der Waals surface area (Å²) in [5, 5.41) is 1.02.